The average molecular weight is 295 g/mol. The van der Waals surface area contributed by atoms with Crippen LogP contribution in [0, 0.1) is 5.82 Å². The number of primary amides is 1. The van der Waals surface area contributed by atoms with E-state index < -0.39 is 26.0 Å². The van der Waals surface area contributed by atoms with E-state index in [4.69, 9.17) is 16.4 Å². The van der Waals surface area contributed by atoms with Crippen molar-refractivity contribution in [2.24, 2.45) is 5.73 Å². The second kappa shape index (κ2) is 4.36. The molecule has 1 aromatic heterocycles. The van der Waals surface area contributed by atoms with Gasteiger partial charge in [-0.2, -0.15) is 0 Å². The van der Waals surface area contributed by atoms with Crippen LogP contribution in [0.4, 0.5) is 9.18 Å². The van der Waals surface area contributed by atoms with Gasteiger partial charge in [0.15, 0.2) is 11.6 Å². The predicted molar refractivity (Wildman–Crippen MR) is 59.4 cm³/mol. The number of nitrogens with two attached hydrogens (primary N) is 1. The molecule has 2 rings (SSSR count). The van der Waals surface area contributed by atoms with E-state index in [2.05, 4.69) is 9.72 Å². The highest BCUT2D eigenvalue weighted by Gasteiger charge is 2.32. The van der Waals surface area contributed by atoms with Crippen LogP contribution in [-0.2, 0) is 9.05 Å². The summed E-state index contributed by atoms with van der Waals surface area (Å²) in [5, 5.41) is -0.872. The molecule has 0 aromatic carbocycles. The number of hydrogen-bond acceptors (Lipinski definition) is 5. The first-order chi connectivity index (χ1) is 8.29. The van der Waals surface area contributed by atoms with E-state index in [1.807, 2.05) is 0 Å². The van der Waals surface area contributed by atoms with Gasteiger partial charge >= 0.3 is 6.09 Å². The maximum Gasteiger partial charge on any atom is 0.410 e. The molecular weight excluding hydrogens is 287 g/mol. The normalized spacial score (nSPS) is 15.4. The maximum absolute atomic E-state index is 13.5. The van der Waals surface area contributed by atoms with Crippen LogP contribution in [0.1, 0.15) is 24.5 Å². The van der Waals surface area contributed by atoms with E-state index in [0.717, 1.165) is 18.9 Å². The zero-order valence-electron chi connectivity index (χ0n) is 8.89. The minimum Gasteiger partial charge on any atom is -0.408 e. The Morgan fingerprint density at radius 2 is 2.17 bits per heavy atom. The van der Waals surface area contributed by atoms with Gasteiger partial charge in [0.2, 0.25) is 5.03 Å². The Bertz CT molecular complexity index is 615. The smallest absolute Gasteiger partial charge is 0.408 e. The number of pyridine rings is 1. The summed E-state index contributed by atoms with van der Waals surface area (Å²) in [6.45, 7) is 0. The van der Waals surface area contributed by atoms with Crippen molar-refractivity contribution in [2.75, 3.05) is 0 Å². The van der Waals surface area contributed by atoms with Crippen LogP contribution in [0.3, 0.4) is 0 Å². The van der Waals surface area contributed by atoms with Gasteiger partial charge in [-0.25, -0.2) is 22.6 Å². The van der Waals surface area contributed by atoms with Crippen LogP contribution in [0.5, 0.6) is 5.75 Å². The topological polar surface area (TPSA) is 99.4 Å². The van der Waals surface area contributed by atoms with Gasteiger partial charge in [-0.15, -0.1) is 0 Å². The Labute approximate surface area is 106 Å². The summed E-state index contributed by atoms with van der Waals surface area (Å²) in [6.07, 6.45) is 0.366. The Morgan fingerprint density at radius 3 is 2.61 bits per heavy atom. The second-order valence-corrected chi connectivity index (χ2v) is 6.27. The number of halogens is 2. The van der Waals surface area contributed by atoms with E-state index in [1.165, 1.54) is 0 Å². The average Bonchev–Trinajstić information content (AvgIpc) is 2.98. The standard InChI is InChI=1S/C9H8ClFN2O4S/c10-18(15,16)8-5(11)3-6(17-9(12)14)7(13-8)4-1-2-4/h3-4H,1-2H2,(H2,12,14). The third kappa shape index (κ3) is 2.70. The summed E-state index contributed by atoms with van der Waals surface area (Å²) < 4.78 is 40.3. The lowest BCUT2D eigenvalue weighted by atomic mass is 10.2. The number of nitrogens with zero attached hydrogens (tertiary/aromatic N) is 1. The van der Waals surface area contributed by atoms with Crippen molar-refractivity contribution in [1.29, 1.82) is 0 Å². The Hall–Kier alpha value is -1.41. The van der Waals surface area contributed by atoms with Crippen molar-refractivity contribution >= 4 is 25.8 Å². The number of hydrogen-bond donors (Lipinski definition) is 1. The SMILES string of the molecule is NC(=O)Oc1cc(F)c(S(=O)(=O)Cl)nc1C1CC1. The third-order valence-electron chi connectivity index (χ3n) is 2.34. The van der Waals surface area contributed by atoms with Crippen molar-refractivity contribution in [3.8, 4) is 5.75 Å². The van der Waals surface area contributed by atoms with E-state index in [9.17, 15) is 17.6 Å². The summed E-state index contributed by atoms with van der Waals surface area (Å²) in [5.41, 5.74) is 5.01. The van der Waals surface area contributed by atoms with E-state index in [1.54, 1.807) is 0 Å². The molecule has 98 valence electrons. The minimum absolute atomic E-state index is 0.0721. The number of amides is 1. The van der Waals surface area contributed by atoms with Gasteiger partial charge in [0.25, 0.3) is 9.05 Å². The fourth-order valence-corrected chi connectivity index (χ4v) is 2.30. The molecule has 0 aliphatic heterocycles. The first-order valence-electron chi connectivity index (χ1n) is 4.91. The lowest BCUT2D eigenvalue weighted by Crippen LogP contribution is -2.18. The van der Waals surface area contributed by atoms with Gasteiger partial charge in [0.1, 0.15) is 0 Å². The summed E-state index contributed by atoms with van der Waals surface area (Å²) >= 11 is 0. The Balaban J connectivity index is 2.55. The number of ether oxygens (including phenoxy) is 1. The van der Waals surface area contributed by atoms with Crippen molar-refractivity contribution in [2.45, 2.75) is 23.8 Å². The van der Waals surface area contributed by atoms with Gasteiger partial charge < -0.3 is 10.5 Å². The molecule has 1 heterocycles. The quantitative estimate of drug-likeness (QED) is 0.851. The minimum atomic E-state index is -4.29. The molecule has 2 N–H and O–H groups in total. The molecule has 1 amide bonds. The van der Waals surface area contributed by atoms with Crippen LogP contribution >= 0.6 is 10.7 Å². The van der Waals surface area contributed by atoms with Gasteiger partial charge in [0.05, 0.1) is 5.69 Å². The highest BCUT2D eigenvalue weighted by molar-refractivity contribution is 8.13. The van der Waals surface area contributed by atoms with Crippen molar-refractivity contribution in [3.05, 3.63) is 17.6 Å². The van der Waals surface area contributed by atoms with Crippen LogP contribution in [0.2, 0.25) is 0 Å². The monoisotopic (exact) mass is 294 g/mol. The van der Waals surface area contributed by atoms with E-state index >= 15 is 0 Å². The molecular formula is C9H8ClFN2O4S. The predicted octanol–water partition coefficient (Wildman–Crippen LogP) is 1.48. The van der Waals surface area contributed by atoms with Crippen molar-refractivity contribution < 1.29 is 22.3 Å². The number of carbonyl (C=O) groups is 1. The van der Waals surface area contributed by atoms with Crippen LogP contribution < -0.4 is 10.5 Å². The second-order valence-electron chi connectivity index (χ2n) is 3.79. The van der Waals surface area contributed by atoms with Gasteiger partial charge in [-0.05, 0) is 12.8 Å². The molecule has 0 saturated heterocycles. The first kappa shape index (κ1) is 13.0. The van der Waals surface area contributed by atoms with Gasteiger partial charge in [0, 0.05) is 22.7 Å². The zero-order chi connectivity index (χ0) is 13.5. The zero-order valence-corrected chi connectivity index (χ0v) is 10.5. The molecule has 0 unspecified atom stereocenters. The molecule has 0 atom stereocenters. The summed E-state index contributed by atoms with van der Waals surface area (Å²) in [7, 11) is 0.764. The molecule has 1 saturated carbocycles. The fraction of sp³-hybridized carbons (Fsp3) is 0.333. The van der Waals surface area contributed by atoms with E-state index in [0.29, 0.717) is 0 Å². The molecule has 0 bridgehead atoms. The van der Waals surface area contributed by atoms with Crippen molar-refractivity contribution in [1.82, 2.24) is 4.98 Å². The van der Waals surface area contributed by atoms with Crippen molar-refractivity contribution in [3.63, 3.8) is 0 Å². The highest BCUT2D eigenvalue weighted by Crippen LogP contribution is 2.44. The fourth-order valence-electron chi connectivity index (χ4n) is 1.48. The first-order valence-corrected chi connectivity index (χ1v) is 7.22. The lowest BCUT2D eigenvalue weighted by Gasteiger charge is -2.08. The van der Waals surface area contributed by atoms with Crippen LogP contribution in [-0.4, -0.2) is 19.5 Å². The summed E-state index contributed by atoms with van der Waals surface area (Å²) in [6, 6.07) is 0.751. The van der Waals surface area contributed by atoms with Gasteiger partial charge in [-0.1, -0.05) is 0 Å². The number of rotatable bonds is 3. The summed E-state index contributed by atoms with van der Waals surface area (Å²) in [4.78, 5) is 14.3. The highest BCUT2D eigenvalue weighted by atomic mass is 35.7. The molecule has 1 aromatic rings. The van der Waals surface area contributed by atoms with E-state index in [-0.39, 0.29) is 17.4 Å². The third-order valence-corrected chi connectivity index (χ3v) is 3.53. The van der Waals surface area contributed by atoms with Crippen LogP contribution in [0.15, 0.2) is 11.1 Å². The largest absolute Gasteiger partial charge is 0.410 e. The lowest BCUT2D eigenvalue weighted by molar-refractivity contribution is 0.210. The van der Waals surface area contributed by atoms with Crippen LogP contribution in [0.25, 0.3) is 0 Å². The molecule has 1 aliphatic carbocycles. The molecule has 6 nitrogen and oxygen atoms in total. The molecule has 1 fully saturated rings. The number of carbonyl (C=O) groups excluding carboxylic acids is 1. The summed E-state index contributed by atoms with van der Waals surface area (Å²) in [5.74, 6) is -1.44. The molecule has 0 radical (unpaired) electrons. The molecule has 1 aliphatic rings. The Kier molecular flexibility index (Phi) is 3.16. The maximum atomic E-state index is 13.5. The number of aromatic nitrogens is 1. The van der Waals surface area contributed by atoms with Gasteiger partial charge in [-0.3, -0.25) is 0 Å². The molecule has 18 heavy (non-hydrogen) atoms. The Morgan fingerprint density at radius 1 is 1.56 bits per heavy atom. The molecule has 0 spiro atoms. The molecule has 9 heteroatoms.